The largest absolute Gasteiger partial charge is 0.493 e. The summed E-state index contributed by atoms with van der Waals surface area (Å²) in [4.78, 5) is 11.3. The highest BCUT2D eigenvalue weighted by Gasteiger charge is 2.24. The first-order valence-electron chi connectivity index (χ1n) is 4.73. The molecule has 17 heavy (non-hydrogen) atoms. The third-order valence-electron chi connectivity index (χ3n) is 2.23. The molecule has 0 aliphatic carbocycles. The number of aliphatic hydroxyl groups excluding tert-OH is 1. The third-order valence-corrected chi connectivity index (χ3v) is 3.05. The summed E-state index contributed by atoms with van der Waals surface area (Å²) in [7, 11) is 4.18. The molecule has 94 valence electrons. The molecule has 0 aromatic heterocycles. The molecule has 6 heteroatoms. The second kappa shape index (κ2) is 5.88. The van der Waals surface area contributed by atoms with Crippen LogP contribution >= 0.6 is 15.9 Å². The molecule has 0 aliphatic heterocycles. The van der Waals surface area contributed by atoms with Gasteiger partial charge in [0.1, 0.15) is 0 Å². The lowest BCUT2D eigenvalue weighted by Crippen LogP contribution is -2.14. The van der Waals surface area contributed by atoms with Gasteiger partial charge in [0.05, 0.1) is 25.8 Å². The van der Waals surface area contributed by atoms with Crippen molar-refractivity contribution in [2.75, 3.05) is 21.3 Å². The fourth-order valence-corrected chi connectivity index (χ4v) is 2.06. The number of rotatable bonds is 4. The normalized spacial score (nSPS) is 11.8. The average molecular weight is 305 g/mol. The number of hydrogen-bond acceptors (Lipinski definition) is 5. The quantitative estimate of drug-likeness (QED) is 0.857. The van der Waals surface area contributed by atoms with Crippen LogP contribution in [-0.4, -0.2) is 32.4 Å². The molecule has 1 atom stereocenters. The topological polar surface area (TPSA) is 65.0 Å². The van der Waals surface area contributed by atoms with Gasteiger partial charge in [0, 0.05) is 5.56 Å². The molecule has 1 unspecified atom stereocenters. The van der Waals surface area contributed by atoms with E-state index in [4.69, 9.17) is 9.47 Å². The number of benzene rings is 1. The summed E-state index contributed by atoms with van der Waals surface area (Å²) >= 11 is 3.26. The SMILES string of the molecule is COC(=O)C(O)c1ccc(OC)c(OC)c1Br. The molecular formula is C11H13BrO5. The van der Waals surface area contributed by atoms with Gasteiger partial charge in [-0.05, 0) is 22.0 Å². The molecule has 1 aromatic carbocycles. The molecule has 1 N–H and O–H groups in total. The molecule has 0 aliphatic rings. The molecule has 0 radical (unpaired) electrons. The first kappa shape index (κ1) is 13.8. The first-order chi connectivity index (χ1) is 8.06. The Kier molecular flexibility index (Phi) is 4.77. The molecule has 0 amide bonds. The maximum Gasteiger partial charge on any atom is 0.339 e. The Morgan fingerprint density at radius 2 is 1.94 bits per heavy atom. The van der Waals surface area contributed by atoms with Crippen LogP contribution in [0.4, 0.5) is 0 Å². The summed E-state index contributed by atoms with van der Waals surface area (Å²) in [5.74, 6) is 0.172. The van der Waals surface area contributed by atoms with Crippen molar-refractivity contribution in [2.45, 2.75) is 6.10 Å². The van der Waals surface area contributed by atoms with Crippen molar-refractivity contribution >= 4 is 21.9 Å². The number of halogens is 1. The Bertz CT molecular complexity index is 419. The predicted octanol–water partition coefficient (Wildman–Crippen LogP) is 1.67. The van der Waals surface area contributed by atoms with Gasteiger partial charge in [-0.1, -0.05) is 6.07 Å². The van der Waals surface area contributed by atoms with Gasteiger partial charge in [0.2, 0.25) is 0 Å². The highest BCUT2D eigenvalue weighted by molar-refractivity contribution is 9.10. The zero-order chi connectivity index (χ0) is 13.0. The second-order valence-electron chi connectivity index (χ2n) is 3.13. The summed E-state index contributed by atoms with van der Waals surface area (Å²) in [6, 6.07) is 3.16. The number of ether oxygens (including phenoxy) is 3. The van der Waals surface area contributed by atoms with Crippen molar-refractivity contribution in [1.82, 2.24) is 0 Å². The van der Waals surface area contributed by atoms with Crippen LogP contribution in [0.1, 0.15) is 11.7 Å². The van der Waals surface area contributed by atoms with Gasteiger partial charge in [-0.25, -0.2) is 4.79 Å². The van der Waals surface area contributed by atoms with Gasteiger partial charge in [-0.15, -0.1) is 0 Å². The maximum atomic E-state index is 11.3. The fraction of sp³-hybridized carbons (Fsp3) is 0.364. The van der Waals surface area contributed by atoms with E-state index in [0.29, 0.717) is 21.5 Å². The van der Waals surface area contributed by atoms with E-state index < -0.39 is 12.1 Å². The van der Waals surface area contributed by atoms with Crippen molar-refractivity contribution in [3.05, 3.63) is 22.2 Å². The zero-order valence-electron chi connectivity index (χ0n) is 9.69. The van der Waals surface area contributed by atoms with E-state index in [9.17, 15) is 9.90 Å². The molecule has 0 heterocycles. The molecule has 1 aromatic rings. The van der Waals surface area contributed by atoms with Crippen molar-refractivity contribution in [3.8, 4) is 11.5 Å². The fourth-order valence-electron chi connectivity index (χ4n) is 1.35. The van der Waals surface area contributed by atoms with Crippen LogP contribution in [0.5, 0.6) is 11.5 Å². The Morgan fingerprint density at radius 1 is 1.29 bits per heavy atom. The van der Waals surface area contributed by atoms with Crippen LogP contribution in [0.15, 0.2) is 16.6 Å². The van der Waals surface area contributed by atoms with Crippen LogP contribution in [0, 0.1) is 0 Å². The number of hydrogen-bond donors (Lipinski definition) is 1. The maximum absolute atomic E-state index is 11.3. The van der Waals surface area contributed by atoms with E-state index in [0.717, 1.165) is 0 Å². The van der Waals surface area contributed by atoms with Crippen molar-refractivity contribution < 1.29 is 24.1 Å². The van der Waals surface area contributed by atoms with E-state index in [-0.39, 0.29) is 0 Å². The van der Waals surface area contributed by atoms with Crippen LogP contribution in [0.2, 0.25) is 0 Å². The third kappa shape index (κ3) is 2.70. The smallest absolute Gasteiger partial charge is 0.339 e. The van der Waals surface area contributed by atoms with Crippen molar-refractivity contribution in [1.29, 1.82) is 0 Å². The number of carbonyl (C=O) groups is 1. The number of aliphatic hydroxyl groups is 1. The van der Waals surface area contributed by atoms with Crippen LogP contribution in [0.25, 0.3) is 0 Å². The highest BCUT2D eigenvalue weighted by atomic mass is 79.9. The molecule has 1 rings (SSSR count). The molecule has 0 bridgehead atoms. The van der Waals surface area contributed by atoms with Gasteiger partial charge in [-0.2, -0.15) is 0 Å². The molecule has 5 nitrogen and oxygen atoms in total. The lowest BCUT2D eigenvalue weighted by atomic mass is 10.1. The Balaban J connectivity index is 3.23. The Labute approximate surface area is 107 Å². The van der Waals surface area contributed by atoms with E-state index in [1.54, 1.807) is 12.1 Å². The van der Waals surface area contributed by atoms with Gasteiger partial charge in [0.25, 0.3) is 0 Å². The number of methoxy groups -OCH3 is 3. The van der Waals surface area contributed by atoms with Crippen LogP contribution in [0.3, 0.4) is 0 Å². The minimum absolute atomic E-state index is 0.356. The first-order valence-corrected chi connectivity index (χ1v) is 5.52. The number of esters is 1. The minimum Gasteiger partial charge on any atom is -0.493 e. The lowest BCUT2D eigenvalue weighted by molar-refractivity contribution is -0.150. The van der Waals surface area contributed by atoms with E-state index in [1.807, 2.05) is 0 Å². The summed E-state index contributed by atoms with van der Waals surface area (Å²) in [5.41, 5.74) is 0.356. The van der Waals surface area contributed by atoms with Crippen molar-refractivity contribution in [2.24, 2.45) is 0 Å². The Morgan fingerprint density at radius 3 is 2.41 bits per heavy atom. The summed E-state index contributed by atoms with van der Waals surface area (Å²) in [6.07, 6.45) is -1.37. The zero-order valence-corrected chi connectivity index (χ0v) is 11.3. The minimum atomic E-state index is -1.37. The van der Waals surface area contributed by atoms with Crippen molar-refractivity contribution in [3.63, 3.8) is 0 Å². The highest BCUT2D eigenvalue weighted by Crippen LogP contribution is 2.39. The summed E-state index contributed by atoms with van der Waals surface area (Å²) in [6.45, 7) is 0. The molecular weight excluding hydrogens is 292 g/mol. The van der Waals surface area contributed by atoms with E-state index >= 15 is 0 Å². The van der Waals surface area contributed by atoms with E-state index in [2.05, 4.69) is 20.7 Å². The molecule has 0 fully saturated rings. The standard InChI is InChI=1S/C11H13BrO5/c1-15-7-5-4-6(8(12)10(7)16-2)9(13)11(14)17-3/h4-5,9,13H,1-3H3. The summed E-state index contributed by atoms with van der Waals surface area (Å²) in [5, 5.41) is 9.75. The molecule has 0 saturated carbocycles. The van der Waals surface area contributed by atoms with Gasteiger partial charge < -0.3 is 19.3 Å². The van der Waals surface area contributed by atoms with E-state index in [1.165, 1.54) is 21.3 Å². The molecule has 0 saturated heterocycles. The average Bonchev–Trinajstić information content (AvgIpc) is 2.36. The van der Waals surface area contributed by atoms with Crippen LogP contribution in [-0.2, 0) is 9.53 Å². The number of carbonyl (C=O) groups excluding carboxylic acids is 1. The predicted molar refractivity (Wildman–Crippen MR) is 64.2 cm³/mol. The summed E-state index contributed by atoms with van der Waals surface area (Å²) < 4.78 is 15.1. The monoisotopic (exact) mass is 304 g/mol. The second-order valence-corrected chi connectivity index (χ2v) is 3.92. The van der Waals surface area contributed by atoms with Gasteiger partial charge in [-0.3, -0.25) is 0 Å². The van der Waals surface area contributed by atoms with Gasteiger partial charge in [0.15, 0.2) is 17.6 Å². The lowest BCUT2D eigenvalue weighted by Gasteiger charge is -2.15. The van der Waals surface area contributed by atoms with Gasteiger partial charge >= 0.3 is 5.97 Å². The Hall–Kier alpha value is -1.27. The van der Waals surface area contributed by atoms with Crippen LogP contribution < -0.4 is 9.47 Å². The molecule has 0 spiro atoms.